The Morgan fingerprint density at radius 1 is 1.33 bits per heavy atom. The van der Waals surface area contributed by atoms with E-state index in [4.69, 9.17) is 5.11 Å². The van der Waals surface area contributed by atoms with Gasteiger partial charge in [-0.3, -0.25) is 0 Å². The molecule has 0 radical (unpaired) electrons. The molecule has 18 heavy (non-hydrogen) atoms. The first-order chi connectivity index (χ1) is 8.41. The molecule has 0 spiro atoms. The molecule has 0 saturated carbocycles. The van der Waals surface area contributed by atoms with Gasteiger partial charge in [0.1, 0.15) is 6.04 Å². The van der Waals surface area contributed by atoms with E-state index in [0.717, 1.165) is 19.3 Å². The van der Waals surface area contributed by atoms with E-state index in [-0.39, 0.29) is 12.1 Å². The Labute approximate surface area is 109 Å². The maximum absolute atomic E-state index is 12.0. The highest BCUT2D eigenvalue weighted by atomic mass is 16.4. The Bertz CT molecular complexity index is 305. The largest absolute Gasteiger partial charge is 0.480 e. The molecular formula is C13H24N2O3. The molecule has 1 rings (SSSR count). The Kier molecular flexibility index (Phi) is 5.44. The van der Waals surface area contributed by atoms with Crippen molar-refractivity contribution >= 4 is 12.0 Å². The summed E-state index contributed by atoms with van der Waals surface area (Å²) in [5.41, 5.74) is 0. The van der Waals surface area contributed by atoms with Crippen molar-refractivity contribution in [2.45, 2.75) is 58.5 Å². The molecule has 2 amide bonds. The molecule has 2 atom stereocenters. The second-order valence-electron chi connectivity index (χ2n) is 5.51. The van der Waals surface area contributed by atoms with E-state index in [1.165, 1.54) is 4.90 Å². The highest BCUT2D eigenvalue weighted by Gasteiger charge is 2.34. The third kappa shape index (κ3) is 4.20. The van der Waals surface area contributed by atoms with Gasteiger partial charge in [-0.1, -0.05) is 13.8 Å². The molecule has 0 aromatic carbocycles. The molecule has 104 valence electrons. The Hall–Kier alpha value is -1.26. The lowest BCUT2D eigenvalue weighted by Crippen LogP contribution is -2.48. The molecule has 0 bridgehead atoms. The summed E-state index contributed by atoms with van der Waals surface area (Å²) >= 11 is 0. The van der Waals surface area contributed by atoms with Gasteiger partial charge in [0, 0.05) is 12.6 Å². The zero-order valence-electron chi connectivity index (χ0n) is 11.5. The number of rotatable bonds is 5. The SMILES string of the molecule is CC(C)CCC(C)NC(=O)N1CCC[C@@H]1C(=O)O. The van der Waals surface area contributed by atoms with E-state index in [0.29, 0.717) is 18.9 Å². The molecule has 0 aromatic rings. The molecule has 0 aliphatic carbocycles. The molecule has 1 heterocycles. The highest BCUT2D eigenvalue weighted by Crippen LogP contribution is 2.17. The van der Waals surface area contributed by atoms with Crippen LogP contribution in [0.5, 0.6) is 0 Å². The lowest BCUT2D eigenvalue weighted by atomic mass is 10.0. The van der Waals surface area contributed by atoms with E-state index in [2.05, 4.69) is 19.2 Å². The van der Waals surface area contributed by atoms with Gasteiger partial charge in [-0.2, -0.15) is 0 Å². The van der Waals surface area contributed by atoms with Crippen molar-refractivity contribution in [2.24, 2.45) is 5.92 Å². The van der Waals surface area contributed by atoms with Crippen molar-refractivity contribution < 1.29 is 14.7 Å². The fraction of sp³-hybridized carbons (Fsp3) is 0.846. The normalized spacial score (nSPS) is 21.1. The first kappa shape index (κ1) is 14.8. The average Bonchev–Trinajstić information content (AvgIpc) is 2.75. The average molecular weight is 256 g/mol. The van der Waals surface area contributed by atoms with Crippen molar-refractivity contribution in [1.82, 2.24) is 10.2 Å². The number of carbonyl (C=O) groups excluding carboxylic acids is 1. The maximum Gasteiger partial charge on any atom is 0.326 e. The summed E-state index contributed by atoms with van der Waals surface area (Å²) < 4.78 is 0. The lowest BCUT2D eigenvalue weighted by Gasteiger charge is -2.24. The fourth-order valence-electron chi connectivity index (χ4n) is 2.22. The van der Waals surface area contributed by atoms with Crippen LogP contribution in [0.4, 0.5) is 4.79 Å². The second-order valence-corrected chi connectivity index (χ2v) is 5.51. The van der Waals surface area contributed by atoms with Crippen molar-refractivity contribution in [1.29, 1.82) is 0 Å². The van der Waals surface area contributed by atoms with Crippen LogP contribution in [0.15, 0.2) is 0 Å². The van der Waals surface area contributed by atoms with Crippen LogP contribution in [-0.4, -0.2) is 40.6 Å². The molecule has 5 heteroatoms. The number of nitrogens with one attached hydrogen (secondary N) is 1. The first-order valence-corrected chi connectivity index (χ1v) is 6.71. The zero-order valence-corrected chi connectivity index (χ0v) is 11.5. The number of urea groups is 1. The molecule has 1 fully saturated rings. The van der Waals surface area contributed by atoms with Gasteiger partial charge < -0.3 is 15.3 Å². The van der Waals surface area contributed by atoms with Crippen LogP contribution in [0.3, 0.4) is 0 Å². The standard InChI is InChI=1S/C13H24N2O3/c1-9(2)6-7-10(3)14-13(18)15-8-4-5-11(15)12(16)17/h9-11H,4-8H2,1-3H3,(H,14,18)(H,16,17)/t10?,11-/m1/s1. The van der Waals surface area contributed by atoms with Gasteiger partial charge in [0.2, 0.25) is 0 Å². The van der Waals surface area contributed by atoms with Gasteiger partial charge in [0.05, 0.1) is 0 Å². The molecule has 1 unspecified atom stereocenters. The summed E-state index contributed by atoms with van der Waals surface area (Å²) in [4.78, 5) is 24.4. The summed E-state index contributed by atoms with van der Waals surface area (Å²) in [5.74, 6) is -0.291. The van der Waals surface area contributed by atoms with Gasteiger partial charge in [0.15, 0.2) is 0 Å². The van der Waals surface area contributed by atoms with Crippen LogP contribution >= 0.6 is 0 Å². The minimum Gasteiger partial charge on any atom is -0.480 e. The van der Waals surface area contributed by atoms with Crippen molar-refractivity contribution in [2.75, 3.05) is 6.54 Å². The van der Waals surface area contributed by atoms with Gasteiger partial charge in [-0.05, 0) is 38.5 Å². The van der Waals surface area contributed by atoms with Gasteiger partial charge in [0.25, 0.3) is 0 Å². The summed E-state index contributed by atoms with van der Waals surface area (Å²) in [6.07, 6.45) is 3.31. The van der Waals surface area contributed by atoms with Crippen LogP contribution in [0, 0.1) is 5.92 Å². The fourth-order valence-corrected chi connectivity index (χ4v) is 2.22. The number of carbonyl (C=O) groups is 2. The topological polar surface area (TPSA) is 69.6 Å². The summed E-state index contributed by atoms with van der Waals surface area (Å²) in [7, 11) is 0. The van der Waals surface area contributed by atoms with Crippen molar-refractivity contribution in [3.63, 3.8) is 0 Å². The highest BCUT2D eigenvalue weighted by molar-refractivity contribution is 5.83. The molecule has 1 aliphatic rings. The van der Waals surface area contributed by atoms with E-state index >= 15 is 0 Å². The number of carboxylic acids is 1. The van der Waals surface area contributed by atoms with Crippen molar-refractivity contribution in [3.8, 4) is 0 Å². The summed E-state index contributed by atoms with van der Waals surface area (Å²) in [6.45, 7) is 6.80. The van der Waals surface area contributed by atoms with E-state index in [1.54, 1.807) is 0 Å². The van der Waals surface area contributed by atoms with Crippen LogP contribution in [0.1, 0.15) is 46.5 Å². The second kappa shape index (κ2) is 6.61. The van der Waals surface area contributed by atoms with Gasteiger partial charge >= 0.3 is 12.0 Å². The van der Waals surface area contributed by atoms with E-state index < -0.39 is 12.0 Å². The molecule has 2 N–H and O–H groups in total. The minimum absolute atomic E-state index is 0.0925. The third-order valence-electron chi connectivity index (χ3n) is 3.35. The first-order valence-electron chi connectivity index (χ1n) is 6.71. The minimum atomic E-state index is -0.905. The number of amides is 2. The van der Waals surface area contributed by atoms with Crippen LogP contribution in [0.25, 0.3) is 0 Å². The number of likely N-dealkylation sites (tertiary alicyclic amines) is 1. The summed E-state index contributed by atoms with van der Waals surface area (Å²) in [6, 6.07) is -0.798. The predicted molar refractivity (Wildman–Crippen MR) is 69.4 cm³/mol. The Balaban J connectivity index is 2.42. The number of hydrogen-bond donors (Lipinski definition) is 2. The third-order valence-corrected chi connectivity index (χ3v) is 3.35. The monoisotopic (exact) mass is 256 g/mol. The van der Waals surface area contributed by atoms with Crippen LogP contribution in [-0.2, 0) is 4.79 Å². The maximum atomic E-state index is 12.0. The van der Waals surface area contributed by atoms with E-state index in [9.17, 15) is 9.59 Å². The molecule has 1 aliphatic heterocycles. The van der Waals surface area contributed by atoms with Gasteiger partial charge in [-0.25, -0.2) is 9.59 Å². The Morgan fingerprint density at radius 2 is 2.00 bits per heavy atom. The zero-order chi connectivity index (χ0) is 13.7. The van der Waals surface area contributed by atoms with Gasteiger partial charge in [-0.15, -0.1) is 0 Å². The molecule has 0 aromatic heterocycles. The smallest absolute Gasteiger partial charge is 0.326 e. The number of carboxylic acid groups (broad SMARTS) is 1. The lowest BCUT2D eigenvalue weighted by molar-refractivity contribution is -0.141. The van der Waals surface area contributed by atoms with Crippen LogP contribution < -0.4 is 5.32 Å². The molecule has 5 nitrogen and oxygen atoms in total. The summed E-state index contributed by atoms with van der Waals surface area (Å²) in [5, 5.41) is 11.9. The molecular weight excluding hydrogens is 232 g/mol. The number of aliphatic carboxylic acids is 1. The number of nitrogens with zero attached hydrogens (tertiary/aromatic N) is 1. The molecule has 1 saturated heterocycles. The quantitative estimate of drug-likeness (QED) is 0.791. The Morgan fingerprint density at radius 3 is 2.56 bits per heavy atom. The van der Waals surface area contributed by atoms with E-state index in [1.807, 2.05) is 6.92 Å². The van der Waals surface area contributed by atoms with Crippen molar-refractivity contribution in [3.05, 3.63) is 0 Å². The number of hydrogen-bond acceptors (Lipinski definition) is 2. The predicted octanol–water partition coefficient (Wildman–Crippen LogP) is 2.07. The van der Waals surface area contributed by atoms with Crippen LogP contribution in [0.2, 0.25) is 0 Å².